The number of carbonyl (C=O) groups is 2. The van der Waals surface area contributed by atoms with Crippen LogP contribution >= 0.6 is 12.2 Å². The molecule has 0 saturated carbocycles. The number of benzene rings is 1. The van der Waals surface area contributed by atoms with Crippen molar-refractivity contribution < 1.29 is 19.8 Å². The van der Waals surface area contributed by atoms with Gasteiger partial charge in [0.15, 0.2) is 0 Å². The summed E-state index contributed by atoms with van der Waals surface area (Å²) in [6.07, 6.45) is 0. The molecule has 76 valence electrons. The van der Waals surface area contributed by atoms with Crippen LogP contribution in [0.15, 0.2) is 23.2 Å². The zero-order chi connectivity index (χ0) is 11.4. The molecule has 0 fully saturated rings. The molecule has 0 unspecified atom stereocenters. The van der Waals surface area contributed by atoms with Gasteiger partial charge >= 0.3 is 11.9 Å². The van der Waals surface area contributed by atoms with Crippen LogP contribution in [-0.4, -0.2) is 27.3 Å². The molecule has 1 aromatic carbocycles. The summed E-state index contributed by atoms with van der Waals surface area (Å²) < 4.78 is 0. The quantitative estimate of drug-likeness (QED) is 0.602. The summed E-state index contributed by atoms with van der Waals surface area (Å²) in [6.45, 7) is 0. The zero-order valence-electron chi connectivity index (χ0n) is 7.30. The van der Waals surface area contributed by atoms with Gasteiger partial charge < -0.3 is 10.2 Å². The Morgan fingerprint density at radius 1 is 1.20 bits per heavy atom. The van der Waals surface area contributed by atoms with Crippen LogP contribution in [0.2, 0.25) is 0 Å². The van der Waals surface area contributed by atoms with E-state index in [0.29, 0.717) is 0 Å². The lowest BCUT2D eigenvalue weighted by Crippen LogP contribution is -2.07. The third-order valence-corrected chi connectivity index (χ3v) is 1.73. The molecule has 0 aliphatic rings. The van der Waals surface area contributed by atoms with Crippen LogP contribution in [-0.2, 0) is 0 Å². The van der Waals surface area contributed by atoms with Crippen LogP contribution in [0.1, 0.15) is 20.7 Å². The molecule has 6 heteroatoms. The first kappa shape index (κ1) is 11.0. The maximum atomic E-state index is 10.7. The monoisotopic (exact) mass is 223 g/mol. The third-order valence-electron chi connectivity index (χ3n) is 1.64. The van der Waals surface area contributed by atoms with Gasteiger partial charge in [-0.1, -0.05) is 0 Å². The van der Waals surface area contributed by atoms with E-state index >= 15 is 0 Å². The van der Waals surface area contributed by atoms with Gasteiger partial charge in [0.25, 0.3) is 0 Å². The molecule has 0 aliphatic carbocycles. The molecule has 5 nitrogen and oxygen atoms in total. The van der Waals surface area contributed by atoms with Crippen LogP contribution < -0.4 is 0 Å². The molecule has 1 aromatic rings. The number of isothiocyanates is 1. The smallest absolute Gasteiger partial charge is 0.336 e. The van der Waals surface area contributed by atoms with E-state index in [4.69, 9.17) is 10.2 Å². The van der Waals surface area contributed by atoms with Crippen LogP contribution in [0.25, 0.3) is 0 Å². The van der Waals surface area contributed by atoms with Gasteiger partial charge in [-0.05, 0) is 30.4 Å². The lowest BCUT2D eigenvalue weighted by Gasteiger charge is -2.01. The second kappa shape index (κ2) is 4.45. The van der Waals surface area contributed by atoms with Crippen molar-refractivity contribution in [1.82, 2.24) is 0 Å². The maximum absolute atomic E-state index is 10.7. The van der Waals surface area contributed by atoms with Crippen LogP contribution in [0.5, 0.6) is 0 Å². The number of nitrogens with zero attached hydrogens (tertiary/aromatic N) is 1. The van der Waals surface area contributed by atoms with E-state index in [1.54, 1.807) is 0 Å². The molecule has 0 amide bonds. The molecular formula is C9H5NO4S. The number of rotatable bonds is 3. The Morgan fingerprint density at radius 2 is 1.80 bits per heavy atom. The van der Waals surface area contributed by atoms with E-state index in [1.807, 2.05) is 0 Å². The van der Waals surface area contributed by atoms with Crippen LogP contribution in [0.4, 0.5) is 5.69 Å². The molecule has 0 heterocycles. The van der Waals surface area contributed by atoms with Crippen molar-refractivity contribution in [2.24, 2.45) is 4.99 Å². The fraction of sp³-hybridized carbons (Fsp3) is 0. The number of aliphatic imine (C=N–C) groups is 1. The number of hydrogen-bond acceptors (Lipinski definition) is 4. The summed E-state index contributed by atoms with van der Waals surface area (Å²) in [6, 6.07) is 3.65. The Labute approximate surface area is 89.7 Å². The largest absolute Gasteiger partial charge is 0.478 e. The van der Waals surface area contributed by atoms with Crippen molar-refractivity contribution in [2.45, 2.75) is 0 Å². The topological polar surface area (TPSA) is 87.0 Å². The molecule has 1 rings (SSSR count). The van der Waals surface area contributed by atoms with Crippen LogP contribution in [0, 0.1) is 0 Å². The van der Waals surface area contributed by atoms with Gasteiger partial charge in [0, 0.05) is 0 Å². The summed E-state index contributed by atoms with van der Waals surface area (Å²) in [5, 5.41) is 19.5. The summed E-state index contributed by atoms with van der Waals surface area (Å²) >= 11 is 4.35. The van der Waals surface area contributed by atoms with Crippen molar-refractivity contribution >= 4 is 35.0 Å². The SMILES string of the molecule is O=C(O)c1ccc(N=C=S)cc1C(=O)O. The Balaban J connectivity index is 3.39. The molecular weight excluding hydrogens is 218 g/mol. The van der Waals surface area contributed by atoms with Gasteiger partial charge in [0.05, 0.1) is 22.0 Å². The first-order valence-corrected chi connectivity index (χ1v) is 4.15. The highest BCUT2D eigenvalue weighted by molar-refractivity contribution is 7.78. The van der Waals surface area contributed by atoms with E-state index in [2.05, 4.69) is 22.4 Å². The standard InChI is InChI=1S/C9H5NO4S/c11-8(12)6-2-1-5(10-4-15)3-7(6)9(13)14/h1-3H,(H,11,12)(H,13,14). The number of carboxylic acid groups (broad SMARTS) is 2. The van der Waals surface area contributed by atoms with Gasteiger partial charge in [-0.25, -0.2) is 9.59 Å². The van der Waals surface area contributed by atoms with Gasteiger partial charge in [-0.2, -0.15) is 4.99 Å². The summed E-state index contributed by atoms with van der Waals surface area (Å²) in [4.78, 5) is 25.0. The normalized spacial score (nSPS) is 9.07. The minimum Gasteiger partial charge on any atom is -0.478 e. The van der Waals surface area contributed by atoms with E-state index in [1.165, 1.54) is 6.07 Å². The number of hydrogen-bond donors (Lipinski definition) is 2. The second-order valence-electron chi connectivity index (χ2n) is 2.54. The Kier molecular flexibility index (Phi) is 3.28. The first-order valence-electron chi connectivity index (χ1n) is 3.74. The maximum Gasteiger partial charge on any atom is 0.336 e. The fourth-order valence-electron chi connectivity index (χ4n) is 1.02. The molecule has 15 heavy (non-hydrogen) atoms. The van der Waals surface area contributed by atoms with Gasteiger partial charge in [-0.3, -0.25) is 0 Å². The number of aromatic carboxylic acids is 2. The minimum absolute atomic E-state index is 0.257. The van der Waals surface area contributed by atoms with Crippen molar-refractivity contribution in [3.05, 3.63) is 29.3 Å². The molecule has 0 aromatic heterocycles. The summed E-state index contributed by atoms with van der Waals surface area (Å²) in [5.41, 5.74) is -0.354. The van der Waals surface area contributed by atoms with Crippen molar-refractivity contribution in [1.29, 1.82) is 0 Å². The average Bonchev–Trinajstić information content (AvgIpc) is 2.17. The zero-order valence-corrected chi connectivity index (χ0v) is 8.11. The van der Waals surface area contributed by atoms with Crippen molar-refractivity contribution in [3.63, 3.8) is 0 Å². The lowest BCUT2D eigenvalue weighted by atomic mass is 10.1. The van der Waals surface area contributed by atoms with Crippen molar-refractivity contribution in [3.8, 4) is 0 Å². The van der Waals surface area contributed by atoms with Gasteiger partial charge in [0.2, 0.25) is 0 Å². The summed E-state index contributed by atoms with van der Waals surface area (Å²) in [5.74, 6) is -2.63. The van der Waals surface area contributed by atoms with E-state index in [-0.39, 0.29) is 16.8 Å². The number of thiocarbonyl (C=S) groups is 1. The molecule has 0 radical (unpaired) electrons. The second-order valence-corrected chi connectivity index (χ2v) is 2.73. The Bertz CT molecular complexity index is 477. The molecule has 0 saturated heterocycles. The third kappa shape index (κ3) is 2.46. The van der Waals surface area contributed by atoms with E-state index in [0.717, 1.165) is 12.1 Å². The molecule has 0 spiro atoms. The Hall–Kier alpha value is -2.04. The highest BCUT2D eigenvalue weighted by Crippen LogP contribution is 2.18. The highest BCUT2D eigenvalue weighted by atomic mass is 32.1. The summed E-state index contributed by atoms with van der Waals surface area (Å²) in [7, 11) is 0. The predicted molar refractivity (Wildman–Crippen MR) is 55.0 cm³/mol. The van der Waals surface area contributed by atoms with Crippen molar-refractivity contribution in [2.75, 3.05) is 0 Å². The van der Waals surface area contributed by atoms with Gasteiger partial charge in [0.1, 0.15) is 0 Å². The first-order chi connectivity index (χ1) is 7.06. The Morgan fingerprint density at radius 3 is 2.27 bits per heavy atom. The van der Waals surface area contributed by atoms with E-state index < -0.39 is 11.9 Å². The lowest BCUT2D eigenvalue weighted by molar-refractivity contribution is 0.0651. The molecule has 2 N–H and O–H groups in total. The predicted octanol–water partition coefficient (Wildman–Crippen LogP) is 1.82. The van der Waals surface area contributed by atoms with Crippen LogP contribution in [0.3, 0.4) is 0 Å². The average molecular weight is 223 g/mol. The molecule has 0 atom stereocenters. The van der Waals surface area contributed by atoms with E-state index in [9.17, 15) is 9.59 Å². The molecule has 0 aliphatic heterocycles. The molecule has 0 bridgehead atoms. The number of carboxylic acids is 2. The fourth-order valence-corrected chi connectivity index (χ4v) is 1.12. The highest BCUT2D eigenvalue weighted by Gasteiger charge is 2.15. The minimum atomic E-state index is -1.33. The van der Waals surface area contributed by atoms with Gasteiger partial charge in [-0.15, -0.1) is 0 Å².